The molecule has 0 fully saturated rings. The summed E-state index contributed by atoms with van der Waals surface area (Å²) >= 11 is 0. The Bertz CT molecular complexity index is 3180. The van der Waals surface area contributed by atoms with Crippen LogP contribution in [0.15, 0.2) is 217 Å². The predicted molar refractivity (Wildman–Crippen MR) is 248 cm³/mol. The van der Waals surface area contributed by atoms with Crippen LogP contribution in [0.5, 0.6) is 0 Å². The molecule has 9 aromatic rings. The lowest BCUT2D eigenvalue weighted by Crippen LogP contribution is -2.16. The highest BCUT2D eigenvalue weighted by atomic mass is 16.3. The van der Waals surface area contributed by atoms with Crippen molar-refractivity contribution in [1.82, 2.24) is 4.57 Å². The maximum atomic E-state index is 6.52. The van der Waals surface area contributed by atoms with Crippen molar-refractivity contribution in [3.05, 3.63) is 229 Å². The highest BCUT2D eigenvalue weighted by Crippen LogP contribution is 2.42. The number of nitrogens with zero attached hydrogens (tertiary/aromatic N) is 2. The minimum atomic E-state index is -0.0844. The Balaban J connectivity index is 1.18. The molecule has 0 unspecified atom stereocenters. The maximum Gasteiger partial charge on any atom is 0.136 e. The second-order valence-electron chi connectivity index (χ2n) is 15.4. The van der Waals surface area contributed by atoms with Gasteiger partial charge in [-0.25, -0.2) is 0 Å². The minimum Gasteiger partial charge on any atom is -0.456 e. The van der Waals surface area contributed by atoms with Crippen LogP contribution in [-0.2, 0) is 5.41 Å². The Morgan fingerprint density at radius 2 is 1.34 bits per heavy atom. The van der Waals surface area contributed by atoms with Gasteiger partial charge in [-0.15, -0.1) is 0 Å². The molecule has 1 aliphatic carbocycles. The summed E-state index contributed by atoms with van der Waals surface area (Å²) in [5, 5.41) is 6.97. The third-order valence-electron chi connectivity index (χ3n) is 11.6. The molecule has 2 heterocycles. The number of fused-ring (bicyclic) bond motifs is 8. The second kappa shape index (κ2) is 14.3. The number of anilines is 1. The van der Waals surface area contributed by atoms with E-state index in [1.165, 1.54) is 32.9 Å². The van der Waals surface area contributed by atoms with Crippen molar-refractivity contribution in [2.24, 2.45) is 0 Å². The molecule has 0 N–H and O–H groups in total. The van der Waals surface area contributed by atoms with Gasteiger partial charge in [-0.05, 0) is 93.7 Å². The van der Waals surface area contributed by atoms with Gasteiger partial charge in [-0.1, -0.05) is 160 Å². The number of hydrogen-bond donors (Lipinski definition) is 0. The van der Waals surface area contributed by atoms with Gasteiger partial charge in [0.05, 0.1) is 22.4 Å². The SMILES string of the molecule is C=C/C=C\C(=C\c1cccc2oc3cc4ccccc4cc3c12)N(/C=C/C=C\C1=Cc2ccccc2C1(C)C)c1ccccc1-n1c2ccccc2c2ccccc21. The summed E-state index contributed by atoms with van der Waals surface area (Å²) in [6.07, 6.45) is 19.3. The Morgan fingerprint density at radius 1 is 0.655 bits per heavy atom. The molecular formula is C55H42N2O. The van der Waals surface area contributed by atoms with Crippen LogP contribution < -0.4 is 4.90 Å². The quantitative estimate of drug-likeness (QED) is 0.137. The fraction of sp³-hybridized carbons (Fsp3) is 0.0545. The third-order valence-corrected chi connectivity index (χ3v) is 11.6. The van der Waals surface area contributed by atoms with E-state index >= 15 is 0 Å². The number of rotatable bonds is 9. The molecule has 58 heavy (non-hydrogen) atoms. The largest absolute Gasteiger partial charge is 0.456 e. The second-order valence-corrected chi connectivity index (χ2v) is 15.4. The van der Waals surface area contributed by atoms with Gasteiger partial charge in [0.1, 0.15) is 11.2 Å². The summed E-state index contributed by atoms with van der Waals surface area (Å²) in [5.41, 5.74) is 12.0. The van der Waals surface area contributed by atoms with Crippen LogP contribution >= 0.6 is 0 Å². The number of allylic oxidation sites excluding steroid dienone is 7. The Hall–Kier alpha value is -7.36. The van der Waals surface area contributed by atoms with Gasteiger partial charge >= 0.3 is 0 Å². The predicted octanol–water partition coefficient (Wildman–Crippen LogP) is 14.9. The molecule has 10 rings (SSSR count). The van der Waals surface area contributed by atoms with Crippen molar-refractivity contribution >= 4 is 72.4 Å². The lowest BCUT2D eigenvalue weighted by Gasteiger charge is -2.26. The summed E-state index contributed by atoms with van der Waals surface area (Å²) in [4.78, 5) is 2.29. The maximum absolute atomic E-state index is 6.52. The summed E-state index contributed by atoms with van der Waals surface area (Å²) in [5.74, 6) is 0. The zero-order valence-corrected chi connectivity index (χ0v) is 32.6. The zero-order chi connectivity index (χ0) is 39.2. The highest BCUT2D eigenvalue weighted by Gasteiger charge is 2.30. The zero-order valence-electron chi connectivity index (χ0n) is 32.6. The number of benzene rings is 7. The van der Waals surface area contributed by atoms with E-state index in [1.54, 1.807) is 0 Å². The third kappa shape index (κ3) is 5.91. The highest BCUT2D eigenvalue weighted by molar-refractivity contribution is 6.13. The molecule has 0 amide bonds. The van der Waals surface area contributed by atoms with Gasteiger partial charge in [-0.2, -0.15) is 0 Å². The summed E-state index contributed by atoms with van der Waals surface area (Å²) in [7, 11) is 0. The van der Waals surface area contributed by atoms with Crippen LogP contribution in [0.25, 0.3) is 72.4 Å². The van der Waals surface area contributed by atoms with Crippen LogP contribution in [0.3, 0.4) is 0 Å². The normalized spacial score (nSPS) is 14.2. The van der Waals surface area contributed by atoms with Gasteiger partial charge in [0.2, 0.25) is 0 Å². The van der Waals surface area contributed by atoms with Crippen LogP contribution in [0.1, 0.15) is 30.5 Å². The van der Waals surface area contributed by atoms with E-state index in [4.69, 9.17) is 4.42 Å². The van der Waals surface area contributed by atoms with Crippen LogP contribution in [-0.4, -0.2) is 4.57 Å². The molecule has 0 saturated heterocycles. The van der Waals surface area contributed by atoms with Crippen molar-refractivity contribution in [3.63, 3.8) is 0 Å². The van der Waals surface area contributed by atoms with Crippen molar-refractivity contribution in [2.75, 3.05) is 4.90 Å². The fourth-order valence-electron chi connectivity index (χ4n) is 8.77. The standard InChI is InChI=1S/C55H42N2O/c1-4-5-24-43(35-41-22-18-32-52-54(41)46-36-38-19-6-7-20-39(38)37-53(46)58-52)56(33-17-16-23-42-34-40-21-8-11-27-47(40)55(42,2)3)50-30-14-15-31-51(50)57-48-28-12-9-25-44(48)45-26-10-13-29-49(45)57/h4-37H,1H2,2-3H3/b23-16-,24-5-,33-17+,43-35-. The summed E-state index contributed by atoms with van der Waals surface area (Å²) in [6.45, 7) is 8.68. The Morgan fingerprint density at radius 3 is 2.12 bits per heavy atom. The van der Waals surface area contributed by atoms with E-state index < -0.39 is 0 Å². The van der Waals surface area contributed by atoms with Crippen molar-refractivity contribution in [2.45, 2.75) is 19.3 Å². The summed E-state index contributed by atoms with van der Waals surface area (Å²) < 4.78 is 8.91. The number of hydrogen-bond acceptors (Lipinski definition) is 2. The molecule has 1 aliphatic rings. The Kier molecular flexibility index (Phi) is 8.65. The average Bonchev–Trinajstić information content (AvgIpc) is 3.88. The Labute approximate surface area is 338 Å². The molecule has 0 spiro atoms. The van der Waals surface area contributed by atoms with E-state index in [9.17, 15) is 0 Å². The number of para-hydroxylation sites is 4. The van der Waals surface area contributed by atoms with Gasteiger partial charge in [0.15, 0.2) is 0 Å². The van der Waals surface area contributed by atoms with Crippen molar-refractivity contribution in [3.8, 4) is 5.69 Å². The van der Waals surface area contributed by atoms with E-state index in [0.717, 1.165) is 61.0 Å². The van der Waals surface area contributed by atoms with Crippen LogP contribution in [0.4, 0.5) is 5.69 Å². The van der Waals surface area contributed by atoms with Crippen molar-refractivity contribution in [1.29, 1.82) is 0 Å². The average molecular weight is 747 g/mol. The molecule has 0 bridgehead atoms. The lowest BCUT2D eigenvalue weighted by atomic mass is 9.81. The first-order chi connectivity index (χ1) is 28.5. The first kappa shape index (κ1) is 35.1. The molecule has 0 atom stereocenters. The lowest BCUT2D eigenvalue weighted by molar-refractivity contribution is 0.655. The molecule has 3 nitrogen and oxygen atoms in total. The van der Waals surface area contributed by atoms with Gasteiger partial charge in [0.25, 0.3) is 0 Å². The first-order valence-electron chi connectivity index (χ1n) is 19.9. The van der Waals surface area contributed by atoms with Gasteiger partial charge in [0, 0.05) is 38.9 Å². The van der Waals surface area contributed by atoms with Crippen molar-refractivity contribution < 1.29 is 4.42 Å². The monoisotopic (exact) mass is 746 g/mol. The van der Waals surface area contributed by atoms with Gasteiger partial charge in [-0.3, -0.25) is 0 Å². The van der Waals surface area contributed by atoms with Crippen LogP contribution in [0.2, 0.25) is 0 Å². The molecule has 2 aromatic heterocycles. The van der Waals surface area contributed by atoms with Gasteiger partial charge < -0.3 is 13.9 Å². The van der Waals surface area contributed by atoms with E-state index in [0.29, 0.717) is 0 Å². The van der Waals surface area contributed by atoms with E-state index in [2.05, 4.69) is 224 Å². The molecule has 0 aliphatic heterocycles. The fourth-order valence-corrected chi connectivity index (χ4v) is 8.77. The smallest absolute Gasteiger partial charge is 0.136 e. The van der Waals surface area contributed by atoms with E-state index in [-0.39, 0.29) is 5.41 Å². The topological polar surface area (TPSA) is 21.3 Å². The molecular weight excluding hydrogens is 705 g/mol. The first-order valence-corrected chi connectivity index (χ1v) is 19.9. The molecule has 0 radical (unpaired) electrons. The minimum absolute atomic E-state index is 0.0844. The summed E-state index contributed by atoms with van der Waals surface area (Å²) in [6, 6.07) is 53.9. The number of furan rings is 1. The molecule has 7 aromatic carbocycles. The van der Waals surface area contributed by atoms with E-state index in [1.807, 2.05) is 12.2 Å². The molecule has 0 saturated carbocycles. The molecule has 278 valence electrons. The number of aromatic nitrogens is 1. The van der Waals surface area contributed by atoms with Crippen LogP contribution in [0, 0.1) is 0 Å². The molecule has 3 heteroatoms.